The predicted molar refractivity (Wildman–Crippen MR) is 41.2 cm³/mol. The van der Waals surface area contributed by atoms with Gasteiger partial charge in [0.05, 0.1) is 17.4 Å². The number of hydrogen-bond acceptors (Lipinski definition) is 1. The van der Waals surface area contributed by atoms with Crippen LogP contribution in [0, 0.1) is 5.92 Å². The normalized spacial score (nSPS) is 12.7. The summed E-state index contributed by atoms with van der Waals surface area (Å²) in [5.74, 6) is 0.523. The van der Waals surface area contributed by atoms with Crippen molar-refractivity contribution >= 4 is 23.2 Å². The van der Waals surface area contributed by atoms with Crippen molar-refractivity contribution in [2.45, 2.75) is 19.4 Å². The monoisotopic (exact) mass is 170 g/mol. The Hall–Kier alpha value is 0.540. The van der Waals surface area contributed by atoms with Crippen molar-refractivity contribution in [3.05, 3.63) is 0 Å². The standard InChI is InChI=1S/C6H12Cl2O/c1-5(2)6(9,3-7)4-8/h5,9H,3-4H2,1-2H3. The third-order valence-electron chi connectivity index (χ3n) is 1.54. The van der Waals surface area contributed by atoms with Crippen LogP contribution in [0.2, 0.25) is 0 Å². The topological polar surface area (TPSA) is 20.2 Å². The number of rotatable bonds is 3. The van der Waals surface area contributed by atoms with Gasteiger partial charge in [-0.3, -0.25) is 0 Å². The predicted octanol–water partition coefficient (Wildman–Crippen LogP) is 1.85. The summed E-state index contributed by atoms with van der Waals surface area (Å²) in [6.07, 6.45) is 0. The van der Waals surface area contributed by atoms with Crippen LogP contribution < -0.4 is 0 Å². The second-order valence-electron chi connectivity index (χ2n) is 2.53. The van der Waals surface area contributed by atoms with E-state index in [0.717, 1.165) is 0 Å². The molecule has 0 aromatic rings. The van der Waals surface area contributed by atoms with E-state index in [2.05, 4.69) is 0 Å². The van der Waals surface area contributed by atoms with Gasteiger partial charge in [0, 0.05) is 0 Å². The van der Waals surface area contributed by atoms with E-state index in [-0.39, 0.29) is 17.7 Å². The van der Waals surface area contributed by atoms with Crippen molar-refractivity contribution in [1.82, 2.24) is 0 Å². The molecule has 0 aliphatic heterocycles. The average molecular weight is 171 g/mol. The molecule has 0 atom stereocenters. The quantitative estimate of drug-likeness (QED) is 0.642. The maximum absolute atomic E-state index is 9.44. The Morgan fingerprint density at radius 3 is 1.67 bits per heavy atom. The molecule has 1 N–H and O–H groups in total. The van der Waals surface area contributed by atoms with Crippen molar-refractivity contribution in [2.24, 2.45) is 5.92 Å². The van der Waals surface area contributed by atoms with E-state index < -0.39 is 5.60 Å². The Morgan fingerprint density at radius 2 is 1.67 bits per heavy atom. The van der Waals surface area contributed by atoms with E-state index in [1.54, 1.807) is 0 Å². The average Bonchev–Trinajstić information content (AvgIpc) is 1.86. The molecule has 0 aromatic carbocycles. The Morgan fingerprint density at radius 1 is 1.33 bits per heavy atom. The zero-order chi connectivity index (χ0) is 7.49. The van der Waals surface area contributed by atoms with Crippen LogP contribution in [-0.4, -0.2) is 22.5 Å². The number of alkyl halides is 2. The third-order valence-corrected chi connectivity index (χ3v) is 2.46. The van der Waals surface area contributed by atoms with E-state index in [0.29, 0.717) is 0 Å². The van der Waals surface area contributed by atoms with Gasteiger partial charge in [0.1, 0.15) is 0 Å². The van der Waals surface area contributed by atoms with Gasteiger partial charge < -0.3 is 5.11 Å². The Bertz CT molecular complexity index is 79.1. The largest absolute Gasteiger partial charge is 0.387 e. The Balaban J connectivity index is 3.92. The fourth-order valence-corrected chi connectivity index (χ4v) is 1.25. The summed E-state index contributed by atoms with van der Waals surface area (Å²) in [5, 5.41) is 9.44. The van der Waals surface area contributed by atoms with Gasteiger partial charge in [0.2, 0.25) is 0 Å². The van der Waals surface area contributed by atoms with Crippen LogP contribution in [0.25, 0.3) is 0 Å². The van der Waals surface area contributed by atoms with Gasteiger partial charge in [0.25, 0.3) is 0 Å². The fourth-order valence-electron chi connectivity index (χ4n) is 0.344. The lowest BCUT2D eigenvalue weighted by atomic mass is 9.95. The lowest BCUT2D eigenvalue weighted by molar-refractivity contribution is 0.0398. The minimum absolute atomic E-state index is 0.118. The summed E-state index contributed by atoms with van der Waals surface area (Å²) in [4.78, 5) is 0. The number of hydrogen-bond donors (Lipinski definition) is 1. The molecule has 0 rings (SSSR count). The molecular formula is C6H12Cl2O. The zero-order valence-corrected chi connectivity index (χ0v) is 7.21. The molecule has 0 amide bonds. The first-order valence-corrected chi connectivity index (χ1v) is 3.98. The van der Waals surface area contributed by atoms with E-state index in [1.807, 2.05) is 13.8 Å². The maximum atomic E-state index is 9.44. The molecule has 0 fully saturated rings. The smallest absolute Gasteiger partial charge is 0.0939 e. The van der Waals surface area contributed by atoms with E-state index >= 15 is 0 Å². The molecule has 0 spiro atoms. The van der Waals surface area contributed by atoms with Gasteiger partial charge in [-0.15, -0.1) is 23.2 Å². The van der Waals surface area contributed by atoms with Crippen LogP contribution in [0.3, 0.4) is 0 Å². The highest BCUT2D eigenvalue weighted by Gasteiger charge is 2.28. The Labute approximate surface area is 66.0 Å². The number of halogens is 2. The molecule has 0 unspecified atom stereocenters. The lowest BCUT2D eigenvalue weighted by Crippen LogP contribution is -2.38. The first kappa shape index (κ1) is 9.54. The first-order chi connectivity index (χ1) is 4.06. The molecule has 0 aliphatic rings. The number of aliphatic hydroxyl groups is 1. The van der Waals surface area contributed by atoms with Crippen molar-refractivity contribution < 1.29 is 5.11 Å². The molecule has 0 aromatic heterocycles. The lowest BCUT2D eigenvalue weighted by Gasteiger charge is -2.26. The second kappa shape index (κ2) is 3.65. The van der Waals surface area contributed by atoms with Crippen LogP contribution >= 0.6 is 23.2 Å². The summed E-state index contributed by atoms with van der Waals surface area (Å²) >= 11 is 10.9. The molecule has 9 heavy (non-hydrogen) atoms. The molecule has 0 bridgehead atoms. The summed E-state index contributed by atoms with van der Waals surface area (Å²) in [6.45, 7) is 3.79. The van der Waals surface area contributed by atoms with Gasteiger partial charge in [-0.25, -0.2) is 0 Å². The molecule has 3 heteroatoms. The van der Waals surface area contributed by atoms with Crippen molar-refractivity contribution in [3.8, 4) is 0 Å². The van der Waals surface area contributed by atoms with Crippen LogP contribution in [0.5, 0.6) is 0 Å². The molecule has 1 nitrogen and oxygen atoms in total. The van der Waals surface area contributed by atoms with Crippen LogP contribution in [0.1, 0.15) is 13.8 Å². The SMILES string of the molecule is CC(C)C(O)(CCl)CCl. The van der Waals surface area contributed by atoms with Crippen LogP contribution in [0.4, 0.5) is 0 Å². The van der Waals surface area contributed by atoms with E-state index in [4.69, 9.17) is 23.2 Å². The molecule has 0 saturated heterocycles. The van der Waals surface area contributed by atoms with Crippen molar-refractivity contribution in [3.63, 3.8) is 0 Å². The summed E-state index contributed by atoms with van der Waals surface area (Å²) in [7, 11) is 0. The van der Waals surface area contributed by atoms with Crippen molar-refractivity contribution in [2.75, 3.05) is 11.8 Å². The van der Waals surface area contributed by atoms with E-state index in [1.165, 1.54) is 0 Å². The molecule has 0 aliphatic carbocycles. The summed E-state index contributed by atoms with van der Waals surface area (Å²) < 4.78 is 0. The molecular weight excluding hydrogens is 159 g/mol. The van der Waals surface area contributed by atoms with Gasteiger partial charge in [0.15, 0.2) is 0 Å². The molecule has 0 saturated carbocycles. The minimum Gasteiger partial charge on any atom is -0.387 e. The molecule has 0 heterocycles. The highest BCUT2D eigenvalue weighted by Crippen LogP contribution is 2.19. The van der Waals surface area contributed by atoms with Gasteiger partial charge in [-0.05, 0) is 5.92 Å². The van der Waals surface area contributed by atoms with Crippen molar-refractivity contribution in [1.29, 1.82) is 0 Å². The molecule has 56 valence electrons. The zero-order valence-electron chi connectivity index (χ0n) is 5.69. The van der Waals surface area contributed by atoms with Crippen LogP contribution in [0.15, 0.2) is 0 Å². The maximum Gasteiger partial charge on any atom is 0.0939 e. The van der Waals surface area contributed by atoms with Gasteiger partial charge in [-0.2, -0.15) is 0 Å². The minimum atomic E-state index is -0.886. The van der Waals surface area contributed by atoms with Gasteiger partial charge >= 0.3 is 0 Å². The highest BCUT2D eigenvalue weighted by molar-refractivity contribution is 6.21. The molecule has 0 radical (unpaired) electrons. The van der Waals surface area contributed by atoms with Gasteiger partial charge in [-0.1, -0.05) is 13.8 Å². The highest BCUT2D eigenvalue weighted by atomic mass is 35.5. The van der Waals surface area contributed by atoms with E-state index in [9.17, 15) is 5.11 Å². The fraction of sp³-hybridized carbons (Fsp3) is 1.00. The second-order valence-corrected chi connectivity index (χ2v) is 3.06. The summed E-state index contributed by atoms with van der Waals surface area (Å²) in [6, 6.07) is 0. The van der Waals surface area contributed by atoms with Crippen LogP contribution in [-0.2, 0) is 0 Å². The third kappa shape index (κ3) is 2.32. The first-order valence-electron chi connectivity index (χ1n) is 2.91. The Kier molecular flexibility index (Phi) is 3.86. The summed E-state index contributed by atoms with van der Waals surface area (Å²) in [5.41, 5.74) is -0.886.